The van der Waals surface area contributed by atoms with Crippen molar-refractivity contribution in [1.29, 1.82) is 0 Å². The van der Waals surface area contributed by atoms with Crippen LogP contribution >= 0.6 is 0 Å². The van der Waals surface area contributed by atoms with Crippen LogP contribution in [0.15, 0.2) is 72.8 Å². The van der Waals surface area contributed by atoms with Crippen LogP contribution in [0.4, 0.5) is 23.2 Å². The average Bonchev–Trinajstić information content (AvgIpc) is 2.91. The number of unbranched alkanes of at least 4 members (excludes halogenated alkanes) is 4. The first-order chi connectivity index (χ1) is 18.4. The predicted octanol–water partition coefficient (Wildman–Crippen LogP) is 10.2. The van der Waals surface area contributed by atoms with Crippen molar-refractivity contribution < 1.29 is 17.6 Å². The van der Waals surface area contributed by atoms with Crippen molar-refractivity contribution in [3.8, 4) is 22.3 Å². The summed E-state index contributed by atoms with van der Waals surface area (Å²) < 4.78 is 55.5. The van der Waals surface area contributed by atoms with Gasteiger partial charge in [0.1, 0.15) is 23.3 Å². The minimum atomic E-state index is -0.841. The first kappa shape index (κ1) is 27.1. The highest BCUT2D eigenvalue weighted by molar-refractivity contribution is 5.67. The first-order valence-electron chi connectivity index (χ1n) is 12.9. The molecule has 0 unspecified atom stereocenters. The molecule has 38 heavy (non-hydrogen) atoms. The summed E-state index contributed by atoms with van der Waals surface area (Å²) in [5.41, 5.74) is 4.35. The molecule has 0 radical (unpaired) electrons. The van der Waals surface area contributed by atoms with E-state index in [2.05, 4.69) is 4.85 Å². The molecular formula is C33H29F4N. The summed E-state index contributed by atoms with van der Waals surface area (Å²) in [6.07, 6.45) is 7.47. The highest BCUT2D eigenvalue weighted by Gasteiger charge is 2.12. The largest absolute Gasteiger partial charge is 0.256 e. The second-order valence-electron chi connectivity index (χ2n) is 9.63. The molecule has 4 aromatic carbocycles. The van der Waals surface area contributed by atoms with E-state index in [1.54, 1.807) is 0 Å². The van der Waals surface area contributed by atoms with Gasteiger partial charge in [-0.15, -0.1) is 0 Å². The number of aryl methyl sites for hydroxylation is 2. The van der Waals surface area contributed by atoms with Crippen LogP contribution in [-0.2, 0) is 12.8 Å². The van der Waals surface area contributed by atoms with E-state index in [9.17, 15) is 17.6 Å². The molecule has 0 saturated carbocycles. The van der Waals surface area contributed by atoms with Crippen molar-refractivity contribution in [1.82, 2.24) is 0 Å². The summed E-state index contributed by atoms with van der Waals surface area (Å²) in [6.45, 7) is 8.30. The quantitative estimate of drug-likeness (QED) is 0.112. The van der Waals surface area contributed by atoms with E-state index in [0.717, 1.165) is 50.5 Å². The van der Waals surface area contributed by atoms with Gasteiger partial charge in [-0.05, 0) is 90.3 Å². The number of rotatable bonds is 10. The Bertz CT molecular complexity index is 1390. The van der Waals surface area contributed by atoms with Crippen molar-refractivity contribution >= 4 is 5.69 Å². The molecule has 4 rings (SSSR count). The van der Waals surface area contributed by atoms with Gasteiger partial charge in [0.25, 0.3) is 5.69 Å². The lowest BCUT2D eigenvalue weighted by Crippen LogP contribution is -1.91. The zero-order chi connectivity index (χ0) is 27.1. The maximum atomic E-state index is 13.9. The van der Waals surface area contributed by atoms with Crippen molar-refractivity contribution in [3.63, 3.8) is 0 Å². The molecule has 5 heteroatoms. The first-order valence-corrected chi connectivity index (χ1v) is 12.9. The standard InChI is InChI=1S/C33H29F4N/c1-22-29(34)18-27(19-30(22)35)25-14-10-23(11-15-25)8-6-4-3-5-7-9-24-12-16-26(17-13-24)28-20-31(36)33(38-2)32(37)21-28/h10-21H,3-9H2,1H3. The lowest BCUT2D eigenvalue weighted by atomic mass is 9.99. The molecular weight excluding hydrogens is 486 g/mol. The van der Waals surface area contributed by atoms with Gasteiger partial charge in [0, 0.05) is 5.56 Å². The summed E-state index contributed by atoms with van der Waals surface area (Å²) in [7, 11) is 0. The maximum Gasteiger partial charge on any atom is 0.256 e. The molecule has 0 aliphatic heterocycles. The summed E-state index contributed by atoms with van der Waals surface area (Å²) >= 11 is 0. The van der Waals surface area contributed by atoms with Gasteiger partial charge in [0.05, 0.1) is 6.57 Å². The zero-order valence-electron chi connectivity index (χ0n) is 21.3. The fraction of sp³-hybridized carbons (Fsp3) is 0.242. The molecule has 0 bridgehead atoms. The van der Waals surface area contributed by atoms with Gasteiger partial charge in [0.2, 0.25) is 0 Å². The third-order valence-electron chi connectivity index (χ3n) is 6.92. The molecule has 0 atom stereocenters. The van der Waals surface area contributed by atoms with E-state index in [0.29, 0.717) is 16.7 Å². The summed E-state index contributed by atoms with van der Waals surface area (Å²) in [5.74, 6) is -2.74. The number of hydrogen-bond donors (Lipinski definition) is 0. The van der Waals surface area contributed by atoms with Crippen molar-refractivity contribution in [2.45, 2.75) is 51.9 Å². The van der Waals surface area contributed by atoms with Crippen LogP contribution in [-0.4, -0.2) is 0 Å². The zero-order valence-corrected chi connectivity index (χ0v) is 21.3. The van der Waals surface area contributed by atoms with Crippen LogP contribution in [0.3, 0.4) is 0 Å². The van der Waals surface area contributed by atoms with Gasteiger partial charge >= 0.3 is 0 Å². The monoisotopic (exact) mass is 515 g/mol. The van der Waals surface area contributed by atoms with E-state index in [-0.39, 0.29) is 5.56 Å². The van der Waals surface area contributed by atoms with E-state index >= 15 is 0 Å². The Morgan fingerprint density at radius 2 is 0.895 bits per heavy atom. The van der Waals surface area contributed by atoms with Gasteiger partial charge < -0.3 is 0 Å². The van der Waals surface area contributed by atoms with Crippen molar-refractivity contribution in [2.75, 3.05) is 0 Å². The molecule has 194 valence electrons. The molecule has 4 aromatic rings. The van der Waals surface area contributed by atoms with Gasteiger partial charge in [-0.1, -0.05) is 67.8 Å². The SMILES string of the molecule is [C-]#[N+]c1c(F)cc(-c2ccc(CCCCCCCc3ccc(-c4cc(F)c(C)c(F)c4)cc3)cc2)cc1F. The molecule has 1 nitrogen and oxygen atoms in total. The third kappa shape index (κ3) is 6.69. The minimum absolute atomic E-state index is 0.0411. The van der Waals surface area contributed by atoms with Crippen LogP contribution in [0.5, 0.6) is 0 Å². The lowest BCUT2D eigenvalue weighted by molar-refractivity contribution is 0.569. The molecule has 0 aliphatic rings. The van der Waals surface area contributed by atoms with Crippen molar-refractivity contribution in [2.24, 2.45) is 0 Å². The summed E-state index contributed by atoms with van der Waals surface area (Å²) in [6, 6.07) is 20.7. The Balaban J connectivity index is 1.17. The van der Waals surface area contributed by atoms with Crippen LogP contribution in [0.1, 0.15) is 48.8 Å². The molecule has 0 amide bonds. The Morgan fingerprint density at radius 3 is 1.29 bits per heavy atom. The maximum absolute atomic E-state index is 13.9. The van der Waals surface area contributed by atoms with E-state index in [4.69, 9.17) is 6.57 Å². The van der Waals surface area contributed by atoms with Gasteiger partial charge in [-0.2, -0.15) is 0 Å². The number of benzene rings is 4. The topological polar surface area (TPSA) is 4.36 Å². The number of nitrogens with zero attached hydrogens (tertiary/aromatic N) is 1. The van der Waals surface area contributed by atoms with Crippen LogP contribution < -0.4 is 0 Å². The van der Waals surface area contributed by atoms with Gasteiger partial charge in [-0.25, -0.2) is 22.4 Å². The van der Waals surface area contributed by atoms with Crippen LogP contribution in [0, 0.1) is 36.8 Å². The second-order valence-corrected chi connectivity index (χ2v) is 9.63. The highest BCUT2D eigenvalue weighted by Crippen LogP contribution is 2.30. The highest BCUT2D eigenvalue weighted by atomic mass is 19.1. The Morgan fingerprint density at radius 1 is 0.526 bits per heavy atom. The Labute approximate surface area is 221 Å². The smallest absolute Gasteiger partial charge is 0.232 e. The van der Waals surface area contributed by atoms with Gasteiger partial charge in [-0.3, -0.25) is 0 Å². The third-order valence-corrected chi connectivity index (χ3v) is 6.92. The molecule has 0 saturated heterocycles. The normalized spacial score (nSPS) is 10.9. The Hall–Kier alpha value is -3.91. The van der Waals surface area contributed by atoms with Crippen LogP contribution in [0.2, 0.25) is 0 Å². The summed E-state index contributed by atoms with van der Waals surface area (Å²) in [5, 5.41) is 0. The number of halogens is 4. The van der Waals surface area contributed by atoms with E-state index in [1.165, 1.54) is 42.3 Å². The number of hydrogen-bond acceptors (Lipinski definition) is 0. The van der Waals surface area contributed by atoms with Gasteiger partial charge in [0.15, 0.2) is 0 Å². The lowest BCUT2D eigenvalue weighted by Gasteiger charge is -2.08. The Kier molecular flexibility index (Phi) is 8.97. The molecule has 0 aliphatic carbocycles. The fourth-order valence-electron chi connectivity index (χ4n) is 4.57. The predicted molar refractivity (Wildman–Crippen MR) is 145 cm³/mol. The molecule has 0 aromatic heterocycles. The fourth-order valence-corrected chi connectivity index (χ4v) is 4.57. The molecule has 0 heterocycles. The van der Waals surface area contributed by atoms with E-state index < -0.39 is 29.0 Å². The minimum Gasteiger partial charge on any atom is -0.232 e. The van der Waals surface area contributed by atoms with Crippen molar-refractivity contribution in [3.05, 3.63) is 124 Å². The molecule has 0 N–H and O–H groups in total. The molecule has 0 spiro atoms. The second kappa shape index (κ2) is 12.6. The van der Waals surface area contributed by atoms with Crippen LogP contribution in [0.25, 0.3) is 27.1 Å². The summed E-state index contributed by atoms with van der Waals surface area (Å²) in [4.78, 5) is 2.89. The molecule has 0 fully saturated rings. The van der Waals surface area contributed by atoms with E-state index in [1.807, 2.05) is 48.5 Å². The average molecular weight is 516 g/mol.